The molecule has 0 aliphatic rings. The van der Waals surface area contributed by atoms with Crippen LogP contribution in [-0.4, -0.2) is 5.91 Å². The first-order valence-electron chi connectivity index (χ1n) is 10.9. The summed E-state index contributed by atoms with van der Waals surface area (Å²) in [5.41, 5.74) is 2.82. The Bertz CT molecular complexity index is 1390. The molecule has 34 heavy (non-hydrogen) atoms. The first-order chi connectivity index (χ1) is 16.5. The lowest BCUT2D eigenvalue weighted by molar-refractivity contribution is -0.117. The summed E-state index contributed by atoms with van der Waals surface area (Å²) >= 11 is 3.54. The van der Waals surface area contributed by atoms with E-state index in [0.29, 0.717) is 12.4 Å². The minimum atomic E-state index is -0.411. The van der Waals surface area contributed by atoms with E-state index < -0.39 is 5.91 Å². The topological polar surface area (TPSA) is 62.1 Å². The number of carbonyl (C=O) groups excluding carboxylic acids is 1. The number of nitrogens with zero attached hydrogens (tertiary/aromatic N) is 1. The molecule has 0 bridgehead atoms. The molecule has 4 nitrogen and oxygen atoms in total. The highest BCUT2D eigenvalue weighted by atomic mass is 79.9. The molecule has 1 amide bonds. The number of rotatable bonds is 7. The van der Waals surface area contributed by atoms with Gasteiger partial charge < -0.3 is 10.1 Å². The lowest BCUT2D eigenvalue weighted by Gasteiger charge is -2.14. The Kier molecular flexibility index (Phi) is 7.41. The van der Waals surface area contributed by atoms with Gasteiger partial charge in [0.1, 0.15) is 24.0 Å². The van der Waals surface area contributed by atoms with Gasteiger partial charge in [-0.1, -0.05) is 72.8 Å². The molecule has 4 aromatic carbocycles. The first kappa shape index (κ1) is 23.3. The molecule has 0 aliphatic heterocycles. The van der Waals surface area contributed by atoms with E-state index >= 15 is 0 Å². The van der Waals surface area contributed by atoms with E-state index in [1.54, 1.807) is 6.08 Å². The van der Waals surface area contributed by atoms with Crippen molar-refractivity contribution in [3.8, 4) is 11.8 Å². The lowest BCUT2D eigenvalue weighted by Crippen LogP contribution is -2.27. The van der Waals surface area contributed by atoms with Crippen molar-refractivity contribution in [2.75, 3.05) is 0 Å². The third-order valence-corrected chi connectivity index (χ3v) is 6.11. The molecule has 4 rings (SSSR count). The third-order valence-electron chi connectivity index (χ3n) is 5.49. The Morgan fingerprint density at radius 1 is 1.00 bits per heavy atom. The fourth-order valence-electron chi connectivity index (χ4n) is 3.63. The fraction of sp³-hybridized carbons (Fsp3) is 0.103. The van der Waals surface area contributed by atoms with Crippen LogP contribution in [0.3, 0.4) is 0 Å². The standard InChI is InChI=1S/C29H23BrN2O2/c1-20(23-7-3-2-4-8-23)32-29(33)26(18-31)15-21-12-14-28(27(30)17-21)34-19-22-11-13-24-9-5-6-10-25(24)16-22/h2-17,20H,19H2,1H3,(H,32,33)/b26-15-/t20-/m1/s1. The molecule has 168 valence electrons. The molecule has 0 aromatic heterocycles. The summed E-state index contributed by atoms with van der Waals surface area (Å²) in [5.74, 6) is 0.276. The molecular formula is C29H23BrN2O2. The largest absolute Gasteiger partial charge is 0.488 e. The van der Waals surface area contributed by atoms with Gasteiger partial charge in [0.15, 0.2) is 0 Å². The number of halogens is 1. The Morgan fingerprint density at radius 2 is 1.74 bits per heavy atom. The smallest absolute Gasteiger partial charge is 0.262 e. The summed E-state index contributed by atoms with van der Waals surface area (Å²) < 4.78 is 6.74. The van der Waals surface area contributed by atoms with Crippen molar-refractivity contribution < 1.29 is 9.53 Å². The van der Waals surface area contributed by atoms with Crippen molar-refractivity contribution in [2.24, 2.45) is 0 Å². The van der Waals surface area contributed by atoms with Gasteiger partial charge in [0.2, 0.25) is 0 Å². The number of ether oxygens (including phenoxy) is 1. The molecule has 0 saturated heterocycles. The summed E-state index contributed by atoms with van der Waals surface area (Å²) in [6.07, 6.45) is 1.57. The molecule has 0 aliphatic carbocycles. The van der Waals surface area contributed by atoms with Gasteiger partial charge in [0, 0.05) is 0 Å². The van der Waals surface area contributed by atoms with Crippen molar-refractivity contribution >= 4 is 38.7 Å². The van der Waals surface area contributed by atoms with Crippen LogP contribution >= 0.6 is 15.9 Å². The molecule has 0 heterocycles. The van der Waals surface area contributed by atoms with Crippen LogP contribution in [0.2, 0.25) is 0 Å². The monoisotopic (exact) mass is 510 g/mol. The SMILES string of the molecule is C[C@@H](NC(=O)/C(C#N)=C\c1ccc(OCc2ccc3ccccc3c2)c(Br)c1)c1ccccc1. The normalized spacial score (nSPS) is 12.1. The van der Waals surface area contributed by atoms with Gasteiger partial charge in [-0.2, -0.15) is 5.26 Å². The number of fused-ring (bicyclic) bond motifs is 1. The van der Waals surface area contributed by atoms with E-state index in [1.807, 2.05) is 73.7 Å². The molecule has 0 radical (unpaired) electrons. The van der Waals surface area contributed by atoms with E-state index in [4.69, 9.17) is 4.74 Å². The molecule has 5 heteroatoms. The quantitative estimate of drug-likeness (QED) is 0.215. The average molecular weight is 511 g/mol. The van der Waals surface area contributed by atoms with Gasteiger partial charge in [-0.25, -0.2) is 0 Å². The summed E-state index contributed by atoms with van der Waals surface area (Å²) in [5, 5.41) is 14.8. The molecule has 0 unspecified atom stereocenters. The second-order valence-electron chi connectivity index (χ2n) is 7.94. The average Bonchev–Trinajstić information content (AvgIpc) is 2.87. The van der Waals surface area contributed by atoms with Crippen LogP contribution in [0.5, 0.6) is 5.75 Å². The predicted molar refractivity (Wildman–Crippen MR) is 139 cm³/mol. The Hall–Kier alpha value is -3.88. The fourth-order valence-corrected chi connectivity index (χ4v) is 4.14. The second kappa shape index (κ2) is 10.8. The van der Waals surface area contributed by atoms with Gasteiger partial charge in [-0.05, 0) is 74.6 Å². The van der Waals surface area contributed by atoms with Crippen LogP contribution in [0.4, 0.5) is 0 Å². The number of amides is 1. The molecule has 1 N–H and O–H groups in total. The Balaban J connectivity index is 1.43. The molecule has 1 atom stereocenters. The van der Waals surface area contributed by atoms with Crippen molar-refractivity contribution in [2.45, 2.75) is 19.6 Å². The van der Waals surface area contributed by atoms with Gasteiger partial charge in [0.25, 0.3) is 5.91 Å². The lowest BCUT2D eigenvalue weighted by atomic mass is 10.1. The van der Waals surface area contributed by atoms with E-state index in [9.17, 15) is 10.1 Å². The highest BCUT2D eigenvalue weighted by Gasteiger charge is 2.14. The van der Waals surface area contributed by atoms with Crippen LogP contribution in [0.1, 0.15) is 29.7 Å². The summed E-state index contributed by atoms with van der Waals surface area (Å²) in [6, 6.07) is 31.4. The van der Waals surface area contributed by atoms with E-state index in [-0.39, 0.29) is 11.6 Å². The minimum absolute atomic E-state index is 0.0412. The summed E-state index contributed by atoms with van der Waals surface area (Å²) in [4.78, 5) is 12.6. The predicted octanol–water partition coefficient (Wildman–Crippen LogP) is 6.97. The summed E-state index contributed by atoms with van der Waals surface area (Å²) in [7, 11) is 0. The maximum absolute atomic E-state index is 12.6. The molecule has 4 aromatic rings. The van der Waals surface area contributed by atoms with E-state index in [2.05, 4.69) is 51.6 Å². The zero-order valence-electron chi connectivity index (χ0n) is 18.7. The maximum Gasteiger partial charge on any atom is 0.262 e. The highest BCUT2D eigenvalue weighted by molar-refractivity contribution is 9.10. The number of hydrogen-bond acceptors (Lipinski definition) is 3. The zero-order valence-corrected chi connectivity index (χ0v) is 20.2. The maximum atomic E-state index is 12.6. The van der Waals surface area contributed by atoms with Crippen molar-refractivity contribution in [3.05, 3.63) is 118 Å². The number of hydrogen-bond donors (Lipinski definition) is 1. The van der Waals surface area contributed by atoms with Crippen LogP contribution in [-0.2, 0) is 11.4 Å². The van der Waals surface area contributed by atoms with Crippen molar-refractivity contribution in [1.82, 2.24) is 5.32 Å². The Labute approximate surface area is 207 Å². The molecular weight excluding hydrogens is 488 g/mol. The van der Waals surface area contributed by atoms with Gasteiger partial charge in [0.05, 0.1) is 10.5 Å². The van der Waals surface area contributed by atoms with Crippen molar-refractivity contribution in [3.63, 3.8) is 0 Å². The summed E-state index contributed by atoms with van der Waals surface area (Å²) in [6.45, 7) is 2.32. The highest BCUT2D eigenvalue weighted by Crippen LogP contribution is 2.28. The van der Waals surface area contributed by atoms with Crippen LogP contribution in [0.25, 0.3) is 16.8 Å². The second-order valence-corrected chi connectivity index (χ2v) is 8.79. The van der Waals surface area contributed by atoms with Crippen LogP contribution < -0.4 is 10.1 Å². The van der Waals surface area contributed by atoms with Crippen molar-refractivity contribution in [1.29, 1.82) is 5.26 Å². The van der Waals surface area contributed by atoms with Crippen LogP contribution in [0, 0.1) is 11.3 Å². The molecule has 0 saturated carbocycles. The number of carbonyl (C=O) groups is 1. The molecule has 0 fully saturated rings. The van der Waals surface area contributed by atoms with Gasteiger partial charge >= 0.3 is 0 Å². The number of benzene rings is 4. The van der Waals surface area contributed by atoms with Crippen LogP contribution in [0.15, 0.2) is 101 Å². The van der Waals surface area contributed by atoms with Gasteiger partial charge in [-0.15, -0.1) is 0 Å². The number of nitriles is 1. The van der Waals surface area contributed by atoms with E-state index in [0.717, 1.165) is 21.2 Å². The van der Waals surface area contributed by atoms with Gasteiger partial charge in [-0.3, -0.25) is 4.79 Å². The minimum Gasteiger partial charge on any atom is -0.488 e. The first-order valence-corrected chi connectivity index (χ1v) is 11.7. The third kappa shape index (κ3) is 5.72. The number of nitrogens with one attached hydrogen (secondary N) is 1. The van der Waals surface area contributed by atoms with E-state index in [1.165, 1.54) is 10.8 Å². The Morgan fingerprint density at radius 3 is 2.47 bits per heavy atom. The zero-order chi connectivity index (χ0) is 23.9. The molecule has 0 spiro atoms.